The highest BCUT2D eigenvalue weighted by atomic mass is 16.5. The Morgan fingerprint density at radius 2 is 2.29 bits per heavy atom. The molecule has 0 aliphatic rings. The van der Waals surface area contributed by atoms with Crippen LogP contribution in [0.2, 0.25) is 0 Å². The van der Waals surface area contributed by atoms with Crippen molar-refractivity contribution >= 4 is 11.8 Å². The second kappa shape index (κ2) is 4.50. The van der Waals surface area contributed by atoms with E-state index in [0.29, 0.717) is 12.2 Å². The molecule has 3 N–H and O–H groups in total. The molecule has 4 heteroatoms. The van der Waals surface area contributed by atoms with Crippen LogP contribution in [0.5, 0.6) is 0 Å². The van der Waals surface area contributed by atoms with Gasteiger partial charge in [0.2, 0.25) is 0 Å². The van der Waals surface area contributed by atoms with Crippen LogP contribution in [0.3, 0.4) is 0 Å². The predicted molar refractivity (Wildman–Crippen MR) is 54.8 cm³/mol. The first-order chi connectivity index (χ1) is 6.63. The highest BCUT2D eigenvalue weighted by Gasteiger charge is 2.02. The van der Waals surface area contributed by atoms with Crippen molar-refractivity contribution in [1.82, 2.24) is 5.32 Å². The Labute approximate surface area is 83.1 Å². The molecule has 1 aromatic carbocycles. The van der Waals surface area contributed by atoms with E-state index in [-0.39, 0.29) is 0 Å². The maximum Gasteiger partial charge on any atom is 0.407 e. The molecule has 0 aromatic heterocycles. The molecule has 0 saturated heterocycles. The highest BCUT2D eigenvalue weighted by Crippen LogP contribution is 2.13. The Kier molecular flexibility index (Phi) is 3.34. The minimum absolute atomic E-state index is 0.388. The number of alkyl carbamates (subject to hydrolysis) is 1. The number of ether oxygens (including phenoxy) is 1. The molecule has 14 heavy (non-hydrogen) atoms. The lowest BCUT2D eigenvalue weighted by molar-refractivity contribution is 0.170. The normalized spacial score (nSPS) is 9.57. The van der Waals surface area contributed by atoms with Gasteiger partial charge in [-0.05, 0) is 24.1 Å². The lowest BCUT2D eigenvalue weighted by atomic mass is 10.1. The first kappa shape index (κ1) is 10.4. The van der Waals surface area contributed by atoms with Crippen molar-refractivity contribution in [3.8, 4) is 0 Å². The monoisotopic (exact) mass is 194 g/mol. The molecule has 76 valence electrons. The summed E-state index contributed by atoms with van der Waals surface area (Å²) in [4.78, 5) is 10.8. The molecule has 0 atom stereocenters. The Bertz CT molecular complexity index is 337. The van der Waals surface area contributed by atoms with E-state index < -0.39 is 6.09 Å². The first-order valence-electron chi connectivity index (χ1n) is 4.30. The minimum atomic E-state index is -0.454. The number of benzene rings is 1. The van der Waals surface area contributed by atoms with Crippen LogP contribution >= 0.6 is 0 Å². The number of hydrogen-bond donors (Lipinski definition) is 2. The van der Waals surface area contributed by atoms with E-state index in [1.54, 1.807) is 0 Å². The minimum Gasteiger partial charge on any atom is -0.453 e. The van der Waals surface area contributed by atoms with E-state index in [4.69, 9.17) is 5.73 Å². The van der Waals surface area contributed by atoms with Crippen LogP contribution in [0.15, 0.2) is 18.2 Å². The van der Waals surface area contributed by atoms with Crippen molar-refractivity contribution in [2.24, 2.45) is 0 Å². The summed E-state index contributed by atoms with van der Waals surface area (Å²) in [5.41, 5.74) is 8.43. The van der Waals surface area contributed by atoms with Gasteiger partial charge in [-0.15, -0.1) is 0 Å². The molecule has 0 bridgehead atoms. The highest BCUT2D eigenvalue weighted by molar-refractivity contribution is 5.67. The number of anilines is 1. The quantitative estimate of drug-likeness (QED) is 0.700. The summed E-state index contributed by atoms with van der Waals surface area (Å²) in [7, 11) is 1.33. The number of rotatable bonds is 2. The van der Waals surface area contributed by atoms with Gasteiger partial charge in [0.1, 0.15) is 0 Å². The number of carbonyl (C=O) groups excluding carboxylic acids is 1. The van der Waals surface area contributed by atoms with E-state index in [9.17, 15) is 4.79 Å². The molecule has 0 fully saturated rings. The summed E-state index contributed by atoms with van der Waals surface area (Å²) < 4.78 is 4.44. The summed E-state index contributed by atoms with van der Waals surface area (Å²) in [6.45, 7) is 2.35. The fourth-order valence-corrected chi connectivity index (χ4v) is 1.11. The van der Waals surface area contributed by atoms with E-state index in [1.165, 1.54) is 7.11 Å². The number of aryl methyl sites for hydroxylation is 1. The van der Waals surface area contributed by atoms with Gasteiger partial charge in [0.25, 0.3) is 0 Å². The number of nitrogens with two attached hydrogens (primary N) is 1. The smallest absolute Gasteiger partial charge is 0.407 e. The van der Waals surface area contributed by atoms with Gasteiger partial charge in [-0.2, -0.15) is 0 Å². The zero-order chi connectivity index (χ0) is 10.6. The van der Waals surface area contributed by atoms with Crippen LogP contribution in [-0.2, 0) is 11.3 Å². The standard InChI is InChI=1S/C10H14N2O2/c1-7-3-4-8(9(11)5-7)6-12-10(13)14-2/h3-5H,6,11H2,1-2H3,(H,12,13). The molecule has 0 spiro atoms. The molecule has 4 nitrogen and oxygen atoms in total. The largest absolute Gasteiger partial charge is 0.453 e. The van der Waals surface area contributed by atoms with E-state index >= 15 is 0 Å². The number of nitrogen functional groups attached to an aromatic ring is 1. The number of carbonyl (C=O) groups is 1. The summed E-state index contributed by atoms with van der Waals surface area (Å²) in [5, 5.41) is 2.57. The molecule has 1 aromatic rings. The van der Waals surface area contributed by atoms with Gasteiger partial charge < -0.3 is 15.8 Å². The van der Waals surface area contributed by atoms with Crippen molar-refractivity contribution in [2.45, 2.75) is 13.5 Å². The van der Waals surface area contributed by atoms with Crippen LogP contribution in [0.25, 0.3) is 0 Å². The topological polar surface area (TPSA) is 64.3 Å². The average molecular weight is 194 g/mol. The van der Waals surface area contributed by atoms with E-state index in [2.05, 4.69) is 10.1 Å². The summed E-state index contributed by atoms with van der Waals surface area (Å²) in [6, 6.07) is 5.71. The third-order valence-corrected chi connectivity index (χ3v) is 1.91. The number of amides is 1. The Morgan fingerprint density at radius 3 is 2.86 bits per heavy atom. The van der Waals surface area contributed by atoms with Crippen molar-refractivity contribution in [1.29, 1.82) is 0 Å². The zero-order valence-electron chi connectivity index (χ0n) is 8.33. The second-order valence-electron chi connectivity index (χ2n) is 3.05. The third kappa shape index (κ3) is 2.65. The maximum absolute atomic E-state index is 10.8. The van der Waals surface area contributed by atoms with Crippen molar-refractivity contribution in [2.75, 3.05) is 12.8 Å². The summed E-state index contributed by atoms with van der Waals surface area (Å²) >= 11 is 0. The fraction of sp³-hybridized carbons (Fsp3) is 0.300. The zero-order valence-corrected chi connectivity index (χ0v) is 8.33. The van der Waals surface area contributed by atoms with Crippen molar-refractivity contribution in [3.05, 3.63) is 29.3 Å². The van der Waals surface area contributed by atoms with Gasteiger partial charge in [0, 0.05) is 12.2 Å². The van der Waals surface area contributed by atoms with Gasteiger partial charge in [0.15, 0.2) is 0 Å². The molecular formula is C10H14N2O2. The number of nitrogens with one attached hydrogen (secondary N) is 1. The lowest BCUT2D eigenvalue weighted by Gasteiger charge is -2.07. The molecule has 0 aliphatic carbocycles. The van der Waals surface area contributed by atoms with Crippen molar-refractivity contribution in [3.63, 3.8) is 0 Å². The second-order valence-corrected chi connectivity index (χ2v) is 3.05. The maximum atomic E-state index is 10.8. The van der Waals surface area contributed by atoms with Crippen LogP contribution < -0.4 is 11.1 Å². The average Bonchev–Trinajstić information content (AvgIpc) is 2.16. The fourth-order valence-electron chi connectivity index (χ4n) is 1.11. The molecule has 0 heterocycles. The Balaban J connectivity index is 2.63. The van der Waals surface area contributed by atoms with Gasteiger partial charge in [-0.25, -0.2) is 4.79 Å². The lowest BCUT2D eigenvalue weighted by Crippen LogP contribution is -2.22. The van der Waals surface area contributed by atoms with Crippen LogP contribution in [-0.4, -0.2) is 13.2 Å². The van der Waals surface area contributed by atoms with Gasteiger partial charge in [0.05, 0.1) is 7.11 Å². The van der Waals surface area contributed by atoms with Crippen LogP contribution in [0.1, 0.15) is 11.1 Å². The third-order valence-electron chi connectivity index (χ3n) is 1.91. The Morgan fingerprint density at radius 1 is 1.57 bits per heavy atom. The van der Waals surface area contributed by atoms with Gasteiger partial charge in [-0.3, -0.25) is 0 Å². The molecular weight excluding hydrogens is 180 g/mol. The molecule has 0 radical (unpaired) electrons. The molecule has 0 saturated carbocycles. The molecule has 1 rings (SSSR count). The molecule has 1 amide bonds. The molecule has 0 unspecified atom stereocenters. The number of methoxy groups -OCH3 is 1. The Hall–Kier alpha value is -1.71. The van der Waals surface area contributed by atoms with E-state index in [0.717, 1.165) is 11.1 Å². The summed E-state index contributed by atoms with van der Waals surface area (Å²) in [5.74, 6) is 0. The van der Waals surface area contributed by atoms with Gasteiger partial charge in [-0.1, -0.05) is 12.1 Å². The number of hydrogen-bond acceptors (Lipinski definition) is 3. The van der Waals surface area contributed by atoms with E-state index in [1.807, 2.05) is 25.1 Å². The van der Waals surface area contributed by atoms with Crippen molar-refractivity contribution < 1.29 is 9.53 Å². The molecule has 0 aliphatic heterocycles. The first-order valence-corrected chi connectivity index (χ1v) is 4.30. The van der Waals surface area contributed by atoms with Crippen LogP contribution in [0, 0.1) is 6.92 Å². The van der Waals surface area contributed by atoms with Crippen LogP contribution in [0.4, 0.5) is 10.5 Å². The predicted octanol–water partition coefficient (Wildman–Crippen LogP) is 1.43. The summed E-state index contributed by atoms with van der Waals surface area (Å²) in [6.07, 6.45) is -0.454. The SMILES string of the molecule is COC(=O)NCc1ccc(C)cc1N. The van der Waals surface area contributed by atoms with Gasteiger partial charge >= 0.3 is 6.09 Å².